The minimum absolute atomic E-state index is 0.441. The van der Waals surface area contributed by atoms with E-state index in [1.54, 1.807) is 0 Å². The topological polar surface area (TPSA) is 47.3 Å². The molecule has 0 amide bonds. The lowest BCUT2D eigenvalue weighted by Crippen LogP contribution is -2.19. The molecule has 0 aliphatic heterocycles. The molecule has 0 aliphatic carbocycles. The summed E-state index contributed by atoms with van der Waals surface area (Å²) in [6.45, 7) is 3.33. The molecule has 38 valence electrons. The van der Waals surface area contributed by atoms with E-state index >= 15 is 0 Å². The second-order valence-corrected chi connectivity index (χ2v) is 0.915. The van der Waals surface area contributed by atoms with Crippen molar-refractivity contribution in [3.8, 4) is 0 Å². The molecule has 0 aromatic carbocycles. The molecule has 0 aromatic rings. The van der Waals surface area contributed by atoms with Crippen molar-refractivity contribution >= 4 is 0 Å². The third kappa shape index (κ3) is 3.88. The second-order valence-electron chi connectivity index (χ2n) is 0.915. The van der Waals surface area contributed by atoms with Crippen LogP contribution in [-0.4, -0.2) is 13.3 Å². The Morgan fingerprint density at radius 3 is 2.67 bits per heavy atom. The Hall–Kier alpha value is -0.120. The average Bonchev–Trinajstić information content (AvgIpc) is 1.61. The maximum Gasteiger partial charge on any atom is 0.118 e. The highest BCUT2D eigenvalue weighted by Gasteiger charge is 1.70. The zero-order valence-corrected chi connectivity index (χ0v) is 3.90. The Bertz CT molecular complexity index is 20.8. The summed E-state index contributed by atoms with van der Waals surface area (Å²) in [5.74, 6) is 4.65. The van der Waals surface area contributed by atoms with Crippen LogP contribution in [0.3, 0.4) is 0 Å². The van der Waals surface area contributed by atoms with Gasteiger partial charge in [-0.25, -0.2) is 5.90 Å². The van der Waals surface area contributed by atoms with Crippen molar-refractivity contribution in [1.29, 1.82) is 0 Å². The Balaban J connectivity index is 2.34. The molecule has 6 heavy (non-hydrogen) atoms. The Kier molecular flexibility index (Phi) is 4.78. The van der Waals surface area contributed by atoms with Gasteiger partial charge in [0.05, 0.1) is 0 Å². The van der Waals surface area contributed by atoms with Gasteiger partial charge in [0.15, 0.2) is 0 Å². The molecule has 3 nitrogen and oxygen atoms in total. The van der Waals surface area contributed by atoms with Crippen LogP contribution in [0.2, 0.25) is 0 Å². The molecule has 3 heteroatoms. The molecule has 0 saturated heterocycles. The molecule has 0 atom stereocenters. The van der Waals surface area contributed by atoms with Crippen LogP contribution in [0, 0.1) is 0 Å². The first-order chi connectivity index (χ1) is 2.91. The van der Waals surface area contributed by atoms with Crippen molar-refractivity contribution in [2.45, 2.75) is 6.92 Å². The van der Waals surface area contributed by atoms with E-state index in [4.69, 9.17) is 0 Å². The van der Waals surface area contributed by atoms with Crippen LogP contribution in [-0.2, 0) is 4.84 Å². The summed E-state index contributed by atoms with van der Waals surface area (Å²) < 4.78 is 0. The number of hydrogen-bond donors (Lipinski definition) is 2. The molecule has 0 saturated carbocycles. The van der Waals surface area contributed by atoms with Gasteiger partial charge in [0.25, 0.3) is 0 Å². The molecular weight excluding hydrogens is 80.0 g/mol. The van der Waals surface area contributed by atoms with E-state index in [1.165, 1.54) is 0 Å². The fourth-order valence-corrected chi connectivity index (χ4v) is 0.161. The van der Waals surface area contributed by atoms with Gasteiger partial charge in [-0.3, -0.25) is 10.2 Å². The number of nitrogens with two attached hydrogens (primary N) is 1. The van der Waals surface area contributed by atoms with Gasteiger partial charge in [0, 0.05) is 0 Å². The van der Waals surface area contributed by atoms with Crippen molar-refractivity contribution in [2.75, 3.05) is 13.3 Å². The molecule has 0 fully saturated rings. The van der Waals surface area contributed by atoms with Crippen molar-refractivity contribution < 1.29 is 4.84 Å². The minimum Gasteiger partial charge on any atom is -0.293 e. The predicted molar refractivity (Wildman–Crippen MR) is 23.8 cm³/mol. The van der Waals surface area contributed by atoms with Gasteiger partial charge in [0.1, 0.15) is 6.73 Å². The van der Waals surface area contributed by atoms with Gasteiger partial charge in [-0.1, -0.05) is 6.92 Å². The first-order valence-corrected chi connectivity index (χ1v) is 1.94. The first-order valence-electron chi connectivity index (χ1n) is 1.94. The van der Waals surface area contributed by atoms with Gasteiger partial charge < -0.3 is 0 Å². The normalized spacial score (nSPS) is 9.00. The standard InChI is InChI=1S/C3H10N2O/c1-2-5-3-6-4/h5H,2-4H2,1H3. The summed E-state index contributed by atoms with van der Waals surface area (Å²) in [6.07, 6.45) is 0. The van der Waals surface area contributed by atoms with Crippen LogP contribution < -0.4 is 11.2 Å². The lowest BCUT2D eigenvalue weighted by atomic mass is 10.8. The van der Waals surface area contributed by atoms with Gasteiger partial charge >= 0.3 is 0 Å². The summed E-state index contributed by atoms with van der Waals surface area (Å²) in [5, 5.41) is 2.85. The molecule has 0 aliphatic rings. The van der Waals surface area contributed by atoms with Gasteiger partial charge in [-0.2, -0.15) is 0 Å². The third-order valence-electron chi connectivity index (χ3n) is 0.435. The smallest absolute Gasteiger partial charge is 0.118 e. The number of rotatable bonds is 3. The largest absolute Gasteiger partial charge is 0.293 e. The third-order valence-corrected chi connectivity index (χ3v) is 0.435. The zero-order valence-electron chi connectivity index (χ0n) is 3.90. The van der Waals surface area contributed by atoms with Crippen molar-refractivity contribution in [3.63, 3.8) is 0 Å². The molecule has 3 N–H and O–H groups in total. The van der Waals surface area contributed by atoms with E-state index in [0.717, 1.165) is 6.54 Å². The molecule has 0 aromatic heterocycles. The summed E-state index contributed by atoms with van der Waals surface area (Å²) in [7, 11) is 0. The molecule has 0 radical (unpaired) electrons. The van der Waals surface area contributed by atoms with Crippen molar-refractivity contribution in [1.82, 2.24) is 5.32 Å². The van der Waals surface area contributed by atoms with Crippen molar-refractivity contribution in [2.24, 2.45) is 5.90 Å². The fraction of sp³-hybridized carbons (Fsp3) is 1.00. The SMILES string of the molecule is CCNCON. The van der Waals surface area contributed by atoms with Crippen LogP contribution in [0.25, 0.3) is 0 Å². The monoisotopic (exact) mass is 90.1 g/mol. The Morgan fingerprint density at radius 1 is 1.83 bits per heavy atom. The maximum atomic E-state index is 4.65. The van der Waals surface area contributed by atoms with Crippen LogP contribution >= 0.6 is 0 Å². The summed E-state index contributed by atoms with van der Waals surface area (Å²) in [5.41, 5.74) is 0. The maximum absolute atomic E-state index is 4.65. The quantitative estimate of drug-likeness (QED) is 0.277. The van der Waals surface area contributed by atoms with Crippen LogP contribution in [0.1, 0.15) is 6.92 Å². The van der Waals surface area contributed by atoms with Crippen LogP contribution in [0.4, 0.5) is 0 Å². The van der Waals surface area contributed by atoms with E-state index in [9.17, 15) is 0 Å². The zero-order chi connectivity index (χ0) is 4.83. The highest BCUT2D eigenvalue weighted by molar-refractivity contribution is 4.22. The lowest BCUT2D eigenvalue weighted by Gasteiger charge is -1.93. The molecule has 0 spiro atoms. The number of hydrogen-bond acceptors (Lipinski definition) is 3. The van der Waals surface area contributed by atoms with E-state index in [0.29, 0.717) is 6.73 Å². The molecule has 0 bridgehead atoms. The molecule has 0 heterocycles. The molecular formula is C3H10N2O. The van der Waals surface area contributed by atoms with E-state index in [2.05, 4.69) is 16.1 Å². The first kappa shape index (κ1) is 5.88. The summed E-state index contributed by atoms with van der Waals surface area (Å²) >= 11 is 0. The van der Waals surface area contributed by atoms with Crippen LogP contribution in [0.15, 0.2) is 0 Å². The average molecular weight is 90.1 g/mol. The molecule has 0 rings (SSSR count). The summed E-state index contributed by atoms with van der Waals surface area (Å²) in [6, 6.07) is 0. The Labute approximate surface area is 37.4 Å². The van der Waals surface area contributed by atoms with Gasteiger partial charge in [0.2, 0.25) is 0 Å². The fourth-order valence-electron chi connectivity index (χ4n) is 0.161. The Morgan fingerprint density at radius 2 is 2.50 bits per heavy atom. The van der Waals surface area contributed by atoms with E-state index in [-0.39, 0.29) is 0 Å². The number of nitrogens with one attached hydrogen (secondary N) is 1. The van der Waals surface area contributed by atoms with Gasteiger partial charge in [-0.15, -0.1) is 0 Å². The van der Waals surface area contributed by atoms with Gasteiger partial charge in [-0.05, 0) is 6.54 Å². The second kappa shape index (κ2) is 4.88. The minimum atomic E-state index is 0.441. The van der Waals surface area contributed by atoms with Crippen molar-refractivity contribution in [3.05, 3.63) is 0 Å². The predicted octanol–water partition coefficient (Wildman–Crippen LogP) is -0.556. The summed E-state index contributed by atoms with van der Waals surface area (Å²) in [4.78, 5) is 4.17. The van der Waals surface area contributed by atoms with E-state index in [1.807, 2.05) is 6.92 Å². The highest BCUT2D eigenvalue weighted by Crippen LogP contribution is 1.50. The molecule has 0 unspecified atom stereocenters. The van der Waals surface area contributed by atoms with E-state index < -0.39 is 0 Å². The highest BCUT2D eigenvalue weighted by atomic mass is 16.6. The lowest BCUT2D eigenvalue weighted by molar-refractivity contribution is 0.121. The van der Waals surface area contributed by atoms with Crippen LogP contribution in [0.5, 0.6) is 0 Å².